The molecule has 0 heterocycles. The molecule has 0 amide bonds. The molecule has 0 aliphatic carbocycles. The van der Waals surface area contributed by atoms with Crippen LogP contribution in [0.3, 0.4) is 0 Å². The molecule has 34 valence electrons. The van der Waals surface area contributed by atoms with E-state index >= 15 is 0 Å². The van der Waals surface area contributed by atoms with Crippen molar-refractivity contribution in [3.05, 3.63) is 0 Å². The zero-order valence-corrected chi connectivity index (χ0v) is 3.80. The predicted octanol–water partition coefficient (Wildman–Crippen LogP) is -5.29. The minimum Gasteiger partial charge on any atom is -0.396 e. The summed E-state index contributed by atoms with van der Waals surface area (Å²) in [6.45, 7) is 0. The van der Waals surface area contributed by atoms with Gasteiger partial charge in [0.15, 0.2) is 0 Å². The van der Waals surface area contributed by atoms with Crippen LogP contribution in [0.4, 0.5) is 0 Å². The van der Waals surface area contributed by atoms with Gasteiger partial charge < -0.3 is 6.87 Å². The van der Waals surface area contributed by atoms with Crippen molar-refractivity contribution in [1.29, 1.82) is 0 Å². The van der Waals surface area contributed by atoms with Gasteiger partial charge in [-0.2, -0.15) is 0 Å². The molecule has 0 aromatic rings. The van der Waals surface area contributed by atoms with Gasteiger partial charge in [0.25, 0.3) is 0 Å². The minimum absolute atomic E-state index is 0. The quantitative estimate of drug-likeness (QED) is 0.390. The van der Waals surface area contributed by atoms with E-state index in [0.717, 1.165) is 0 Å². The van der Waals surface area contributed by atoms with Crippen molar-refractivity contribution < 1.29 is 31.4 Å². The molecule has 0 saturated carbocycles. The number of hydrogen-bond donors (Lipinski definition) is 1. The molecule has 0 rings (SSSR count). The van der Waals surface area contributed by atoms with Crippen LogP contribution in [0.5, 0.6) is 0 Å². The van der Waals surface area contributed by atoms with Crippen LogP contribution in [0.1, 0.15) is 7.43 Å². The first-order chi connectivity index (χ1) is 1.73. The Bertz CT molecular complexity index is 11.6. The molecule has 0 unspecified atom stereocenters. The summed E-state index contributed by atoms with van der Waals surface area (Å²) in [5, 5.41) is 0. The summed E-state index contributed by atoms with van der Waals surface area (Å²) >= 11 is -3.76. The average molecular weight is 192 g/mol. The second-order valence-corrected chi connectivity index (χ2v) is 1.35. The number of hydrogen-bond acceptors (Lipinski definition) is 3. The summed E-state index contributed by atoms with van der Waals surface area (Å²) in [7, 11) is 0. The molecule has 5 heavy (non-hydrogen) atoms. The first-order valence-corrected chi connectivity index (χ1v) is 3.20. The van der Waals surface area contributed by atoms with Crippen LogP contribution >= 0.6 is 0 Å². The lowest BCUT2D eigenvalue weighted by atomic mass is 12.0. The van der Waals surface area contributed by atoms with Crippen molar-refractivity contribution in [1.82, 2.24) is 0 Å². The van der Waals surface area contributed by atoms with E-state index in [1.165, 1.54) is 0 Å². The Hall–Kier alpha value is 0.610. The highest BCUT2D eigenvalue weighted by molar-refractivity contribution is 2.50. The fourth-order valence-electron chi connectivity index (χ4n) is 0. The van der Waals surface area contributed by atoms with Crippen LogP contribution in [0.15, 0.2) is 0 Å². The molecule has 0 aromatic carbocycles. The number of rotatable bonds is 0. The van der Waals surface area contributed by atoms with Gasteiger partial charge in [0.05, 0.1) is 0 Å². The molecule has 4 heteroatoms. The van der Waals surface area contributed by atoms with Gasteiger partial charge in [-0.3, -0.25) is 0 Å². The summed E-state index contributed by atoms with van der Waals surface area (Å²) in [5.74, 6) is 0. The van der Waals surface area contributed by atoms with E-state index in [0.29, 0.717) is 0 Å². The van der Waals surface area contributed by atoms with Gasteiger partial charge in [-0.15, -0.1) is 0 Å². The molecule has 3 nitrogen and oxygen atoms in total. The first-order valence-electron chi connectivity index (χ1n) is 0.478. The van der Waals surface area contributed by atoms with Gasteiger partial charge >= 0.3 is 21.1 Å². The van der Waals surface area contributed by atoms with Gasteiger partial charge in [0.2, 0.25) is 0 Å². The second kappa shape index (κ2) is 4.61. The largest absolute Gasteiger partial charge is 0.503 e. The lowest BCUT2D eigenvalue weighted by Gasteiger charge is -1.67. The van der Waals surface area contributed by atoms with Crippen LogP contribution in [0.2, 0.25) is 0 Å². The van der Waals surface area contributed by atoms with E-state index in [1.54, 1.807) is 0 Å². The molecule has 0 saturated heterocycles. The lowest BCUT2D eigenvalue weighted by molar-refractivity contribution is -1.63. The highest BCUT2D eigenvalue weighted by atomic mass is 127. The Kier molecular flexibility index (Phi) is 8.43. The maximum atomic E-state index is 8.68. The first kappa shape index (κ1) is 9.15. The van der Waals surface area contributed by atoms with Crippen molar-refractivity contribution in [2.24, 2.45) is 0 Å². The molecule has 1 N–H and O–H groups in total. The molecule has 0 atom stereocenters. The van der Waals surface area contributed by atoms with E-state index < -0.39 is 21.1 Å². The van der Waals surface area contributed by atoms with E-state index in [4.69, 9.17) is 10.3 Å². The Balaban J connectivity index is 0. The third kappa shape index (κ3) is 84.4. The van der Waals surface area contributed by atoms with Crippen molar-refractivity contribution in [2.75, 3.05) is 0 Å². The molecular weight excluding hydrogens is 187 g/mol. The maximum absolute atomic E-state index is 8.68. The van der Waals surface area contributed by atoms with Crippen LogP contribution < -0.4 is 27.9 Å². The predicted molar refractivity (Wildman–Crippen MR) is 8.95 cm³/mol. The van der Waals surface area contributed by atoms with Crippen molar-refractivity contribution in [3.8, 4) is 0 Å². The van der Waals surface area contributed by atoms with Crippen molar-refractivity contribution >= 4 is 0 Å². The Morgan fingerprint density at radius 3 is 1.40 bits per heavy atom. The summed E-state index contributed by atoms with van der Waals surface area (Å²) in [6.07, 6.45) is 0. The molecule has 0 aromatic heterocycles. The van der Waals surface area contributed by atoms with Gasteiger partial charge in [-0.05, 0) is 3.44 Å². The van der Waals surface area contributed by atoms with Gasteiger partial charge in [-0.1, -0.05) is 7.43 Å². The topological polar surface area (TPSA) is 66.3 Å². The highest BCUT2D eigenvalue weighted by Gasteiger charge is 1.89. The monoisotopic (exact) mass is 192 g/mol. The van der Waals surface area contributed by atoms with Crippen LogP contribution in [0, 0.1) is 0 Å². The van der Waals surface area contributed by atoms with Crippen molar-refractivity contribution in [2.45, 2.75) is 7.43 Å². The highest BCUT2D eigenvalue weighted by Crippen LogP contribution is 0.251. The Labute approximate surface area is 39.3 Å². The van der Waals surface area contributed by atoms with Crippen LogP contribution in [-0.4, -0.2) is 3.44 Å². The molecule has 0 radical (unpaired) electrons. The molecule has 0 spiro atoms. The van der Waals surface area contributed by atoms with E-state index in [2.05, 4.69) is 0 Å². The molecule has 0 aliphatic rings. The minimum atomic E-state index is -3.76. The SMILES string of the molecule is C.[O-][I+2]([O-])O. The zero-order chi connectivity index (χ0) is 3.58. The lowest BCUT2D eigenvalue weighted by Crippen LogP contribution is -3.98. The van der Waals surface area contributed by atoms with Crippen molar-refractivity contribution in [3.63, 3.8) is 0 Å². The smallest absolute Gasteiger partial charge is 0.396 e. The van der Waals surface area contributed by atoms with Crippen LogP contribution in [-0.2, 0) is 0 Å². The Morgan fingerprint density at radius 1 is 1.40 bits per heavy atom. The zero-order valence-electron chi connectivity index (χ0n) is 1.64. The fraction of sp³-hybridized carbons (Fsp3) is 1.00. The summed E-state index contributed by atoms with van der Waals surface area (Å²) in [6, 6.07) is 0. The third-order valence-corrected chi connectivity index (χ3v) is 0. The summed E-state index contributed by atoms with van der Waals surface area (Å²) < 4.78 is 24.5. The van der Waals surface area contributed by atoms with Gasteiger partial charge in [-0.25, -0.2) is 0 Å². The molecule has 0 aliphatic heterocycles. The van der Waals surface area contributed by atoms with Gasteiger partial charge in [0.1, 0.15) is 0 Å². The summed E-state index contributed by atoms with van der Waals surface area (Å²) in [4.78, 5) is 0. The van der Waals surface area contributed by atoms with Gasteiger partial charge in [0, 0.05) is 0 Å². The standard InChI is InChI=1S/CH4.HIO3/c;2-1(3)4/h1H4;2H. The van der Waals surface area contributed by atoms with E-state index in [1.807, 2.05) is 0 Å². The molecular formula is CH5IO3. The summed E-state index contributed by atoms with van der Waals surface area (Å²) in [5.41, 5.74) is 0. The molecule has 0 fully saturated rings. The number of halogens is 1. The second-order valence-electron chi connectivity index (χ2n) is 0.201. The third-order valence-electron chi connectivity index (χ3n) is 0. The van der Waals surface area contributed by atoms with E-state index in [-0.39, 0.29) is 7.43 Å². The molecule has 0 bridgehead atoms. The van der Waals surface area contributed by atoms with E-state index in [9.17, 15) is 0 Å². The van der Waals surface area contributed by atoms with Crippen LogP contribution in [0.25, 0.3) is 0 Å². The Morgan fingerprint density at radius 2 is 1.40 bits per heavy atom. The normalized spacial score (nSPS) is 7.20. The maximum Gasteiger partial charge on any atom is 0.503 e. The average Bonchev–Trinajstić information content (AvgIpc) is 0.811. The fourth-order valence-corrected chi connectivity index (χ4v) is 0.